The van der Waals surface area contributed by atoms with Crippen LogP contribution < -0.4 is 13.9 Å². The first-order valence-corrected chi connectivity index (χ1v) is 12.3. The standard InChI is InChI=1S/C25H26FN3O4S/c1-33-24-10-6-5-9-23(24)27-15-17-28(18-16-27)25(30)19-29(21-7-3-2-4-8-21)34(31,32)22-13-11-20(26)12-14-22/h2-14H,15-19H2,1H3. The predicted octanol–water partition coefficient (Wildman–Crippen LogP) is 3.38. The van der Waals surface area contributed by atoms with E-state index in [0.717, 1.165) is 27.9 Å². The Kier molecular flexibility index (Phi) is 7.02. The van der Waals surface area contributed by atoms with Crippen molar-refractivity contribution in [1.82, 2.24) is 4.90 Å². The lowest BCUT2D eigenvalue weighted by Gasteiger charge is -2.37. The Morgan fingerprint density at radius 3 is 2.18 bits per heavy atom. The molecular formula is C25H26FN3O4S. The topological polar surface area (TPSA) is 70.2 Å². The van der Waals surface area contributed by atoms with Crippen LogP contribution in [-0.4, -0.2) is 59.1 Å². The Morgan fingerprint density at radius 1 is 0.912 bits per heavy atom. The average molecular weight is 484 g/mol. The highest BCUT2D eigenvalue weighted by Crippen LogP contribution is 2.29. The van der Waals surface area contributed by atoms with E-state index in [1.165, 1.54) is 12.1 Å². The van der Waals surface area contributed by atoms with Gasteiger partial charge in [-0.2, -0.15) is 0 Å². The molecule has 7 nitrogen and oxygen atoms in total. The maximum atomic E-state index is 13.4. The number of hydrogen-bond acceptors (Lipinski definition) is 5. The highest BCUT2D eigenvalue weighted by Gasteiger charge is 2.30. The second-order valence-electron chi connectivity index (χ2n) is 7.84. The number of benzene rings is 3. The third kappa shape index (κ3) is 4.99. The van der Waals surface area contributed by atoms with Gasteiger partial charge in [0.1, 0.15) is 18.1 Å². The summed E-state index contributed by atoms with van der Waals surface area (Å²) in [6.45, 7) is 1.76. The molecule has 3 aromatic rings. The molecular weight excluding hydrogens is 457 g/mol. The van der Waals surface area contributed by atoms with Crippen LogP contribution in [0, 0.1) is 5.82 Å². The van der Waals surface area contributed by atoms with E-state index >= 15 is 0 Å². The Hall–Kier alpha value is -3.59. The minimum absolute atomic E-state index is 0.0773. The predicted molar refractivity (Wildman–Crippen MR) is 129 cm³/mol. The van der Waals surface area contributed by atoms with Crippen molar-refractivity contribution >= 4 is 27.3 Å². The number of amides is 1. The van der Waals surface area contributed by atoms with Gasteiger partial charge in [0.2, 0.25) is 5.91 Å². The van der Waals surface area contributed by atoms with Crippen molar-refractivity contribution in [2.45, 2.75) is 4.90 Å². The van der Waals surface area contributed by atoms with Gasteiger partial charge < -0.3 is 14.5 Å². The van der Waals surface area contributed by atoms with Gasteiger partial charge in [0.05, 0.1) is 23.4 Å². The van der Waals surface area contributed by atoms with Crippen LogP contribution in [0.25, 0.3) is 0 Å². The molecule has 0 bridgehead atoms. The molecule has 0 atom stereocenters. The molecule has 0 aliphatic carbocycles. The second-order valence-corrected chi connectivity index (χ2v) is 9.70. The monoisotopic (exact) mass is 483 g/mol. The van der Waals surface area contributed by atoms with E-state index in [1.54, 1.807) is 42.3 Å². The van der Waals surface area contributed by atoms with E-state index in [1.807, 2.05) is 24.3 Å². The SMILES string of the molecule is COc1ccccc1N1CCN(C(=O)CN(c2ccccc2)S(=O)(=O)c2ccc(F)cc2)CC1. The molecule has 1 saturated heterocycles. The molecule has 1 amide bonds. The fourth-order valence-electron chi connectivity index (χ4n) is 3.95. The molecule has 4 rings (SSSR count). The number of rotatable bonds is 7. The Balaban J connectivity index is 1.51. The summed E-state index contributed by atoms with van der Waals surface area (Å²) in [5, 5.41) is 0. The maximum Gasteiger partial charge on any atom is 0.264 e. The number of nitrogens with zero attached hydrogens (tertiary/aromatic N) is 3. The second kappa shape index (κ2) is 10.1. The molecule has 3 aromatic carbocycles. The molecule has 0 spiro atoms. The lowest BCUT2D eigenvalue weighted by molar-refractivity contribution is -0.129. The lowest BCUT2D eigenvalue weighted by atomic mass is 10.2. The van der Waals surface area contributed by atoms with Gasteiger partial charge in [0, 0.05) is 26.2 Å². The van der Waals surface area contributed by atoms with Gasteiger partial charge in [-0.15, -0.1) is 0 Å². The van der Waals surface area contributed by atoms with Gasteiger partial charge >= 0.3 is 0 Å². The van der Waals surface area contributed by atoms with Gasteiger partial charge in [-0.05, 0) is 48.5 Å². The fourth-order valence-corrected chi connectivity index (χ4v) is 5.37. The quantitative estimate of drug-likeness (QED) is 0.515. The zero-order chi connectivity index (χ0) is 24.1. The highest BCUT2D eigenvalue weighted by atomic mass is 32.2. The molecule has 9 heteroatoms. The summed E-state index contributed by atoms with van der Waals surface area (Å²) in [5.74, 6) is -0.0636. The number of ether oxygens (including phenoxy) is 1. The average Bonchev–Trinajstić information content (AvgIpc) is 2.88. The molecule has 1 aliphatic rings. The Labute approximate surface area is 199 Å². The zero-order valence-electron chi connectivity index (χ0n) is 18.8. The fraction of sp³-hybridized carbons (Fsp3) is 0.240. The first-order valence-electron chi connectivity index (χ1n) is 10.9. The highest BCUT2D eigenvalue weighted by molar-refractivity contribution is 7.92. The number of hydrogen-bond donors (Lipinski definition) is 0. The number of sulfonamides is 1. The normalized spacial score (nSPS) is 14.1. The molecule has 1 fully saturated rings. The van der Waals surface area contributed by atoms with Crippen LogP contribution in [0.15, 0.2) is 83.8 Å². The molecule has 1 aliphatic heterocycles. The summed E-state index contributed by atoms with van der Waals surface area (Å²) in [5.41, 5.74) is 1.33. The van der Waals surface area contributed by atoms with Crippen LogP contribution >= 0.6 is 0 Å². The van der Waals surface area contributed by atoms with E-state index in [4.69, 9.17) is 4.74 Å². The molecule has 0 N–H and O–H groups in total. The number of piperazine rings is 1. The van der Waals surface area contributed by atoms with Crippen LogP contribution in [-0.2, 0) is 14.8 Å². The lowest BCUT2D eigenvalue weighted by Crippen LogP contribution is -2.52. The van der Waals surface area contributed by atoms with Crippen LogP contribution in [0.5, 0.6) is 5.75 Å². The number of carbonyl (C=O) groups is 1. The first kappa shape index (κ1) is 23.6. The molecule has 0 saturated carbocycles. The van der Waals surface area contributed by atoms with Crippen molar-refractivity contribution < 1.29 is 22.3 Å². The van der Waals surface area contributed by atoms with E-state index in [0.29, 0.717) is 31.9 Å². The Bertz CT molecular complexity index is 1230. The van der Waals surface area contributed by atoms with Gasteiger partial charge in [-0.25, -0.2) is 12.8 Å². The summed E-state index contributed by atoms with van der Waals surface area (Å²) in [4.78, 5) is 16.9. The summed E-state index contributed by atoms with van der Waals surface area (Å²) >= 11 is 0. The van der Waals surface area contributed by atoms with Gasteiger partial charge in [-0.3, -0.25) is 9.10 Å². The largest absolute Gasteiger partial charge is 0.495 e. The number of carbonyl (C=O) groups excluding carboxylic acids is 1. The summed E-state index contributed by atoms with van der Waals surface area (Å²) in [7, 11) is -2.45. The number of halogens is 1. The van der Waals surface area contributed by atoms with Crippen molar-refractivity contribution in [3.05, 3.63) is 84.7 Å². The molecule has 34 heavy (non-hydrogen) atoms. The minimum Gasteiger partial charge on any atom is -0.495 e. The van der Waals surface area contributed by atoms with Crippen molar-refractivity contribution in [3.8, 4) is 5.75 Å². The molecule has 1 heterocycles. The maximum absolute atomic E-state index is 13.4. The number of methoxy groups -OCH3 is 1. The first-order chi connectivity index (χ1) is 16.4. The van der Waals surface area contributed by atoms with Crippen LogP contribution in [0.2, 0.25) is 0 Å². The van der Waals surface area contributed by atoms with Crippen molar-refractivity contribution in [3.63, 3.8) is 0 Å². The third-order valence-corrected chi connectivity index (χ3v) is 7.57. The van der Waals surface area contributed by atoms with E-state index < -0.39 is 15.8 Å². The zero-order valence-corrected chi connectivity index (χ0v) is 19.6. The van der Waals surface area contributed by atoms with Crippen molar-refractivity contribution in [2.75, 3.05) is 49.0 Å². The molecule has 0 radical (unpaired) electrons. The van der Waals surface area contributed by atoms with Crippen molar-refractivity contribution in [2.24, 2.45) is 0 Å². The summed E-state index contributed by atoms with van der Waals surface area (Å²) in [6.07, 6.45) is 0. The van der Waals surface area contributed by atoms with Gasteiger partial charge in [0.15, 0.2) is 0 Å². The van der Waals surface area contributed by atoms with Crippen molar-refractivity contribution in [1.29, 1.82) is 0 Å². The third-order valence-electron chi connectivity index (χ3n) is 5.78. The molecule has 0 unspecified atom stereocenters. The number of para-hydroxylation sites is 3. The van der Waals surface area contributed by atoms with Crippen LogP contribution in [0.3, 0.4) is 0 Å². The summed E-state index contributed by atoms with van der Waals surface area (Å²) < 4.78 is 46.7. The van der Waals surface area contributed by atoms with Crippen LogP contribution in [0.1, 0.15) is 0 Å². The Morgan fingerprint density at radius 2 is 1.53 bits per heavy atom. The molecule has 178 valence electrons. The van der Waals surface area contributed by atoms with E-state index in [-0.39, 0.29) is 17.3 Å². The van der Waals surface area contributed by atoms with Gasteiger partial charge in [-0.1, -0.05) is 30.3 Å². The number of anilines is 2. The summed E-state index contributed by atoms with van der Waals surface area (Å²) in [6, 6.07) is 20.8. The van der Waals surface area contributed by atoms with E-state index in [2.05, 4.69) is 4.90 Å². The van der Waals surface area contributed by atoms with Crippen LogP contribution in [0.4, 0.5) is 15.8 Å². The smallest absolute Gasteiger partial charge is 0.264 e. The van der Waals surface area contributed by atoms with Gasteiger partial charge in [0.25, 0.3) is 10.0 Å². The molecule has 0 aromatic heterocycles. The van der Waals surface area contributed by atoms with E-state index in [9.17, 15) is 17.6 Å². The minimum atomic E-state index is -4.08.